The molecule has 0 aromatic carbocycles. The Balaban J connectivity index is 5.74. The molecule has 0 bridgehead atoms. The van der Waals surface area contributed by atoms with Gasteiger partial charge in [0.15, 0.2) is 0 Å². The van der Waals surface area contributed by atoms with E-state index in [1.54, 1.807) is 0 Å². The first-order valence-corrected chi connectivity index (χ1v) is 10.4. The third-order valence-corrected chi connectivity index (χ3v) is 3.41. The number of hydrogen-bond acceptors (Lipinski definition) is 6. The second kappa shape index (κ2) is 9.83. The summed E-state index contributed by atoms with van der Waals surface area (Å²) in [6.07, 6.45) is 3.85. The Kier molecular flexibility index (Phi) is 9.39. The van der Waals surface area contributed by atoms with Crippen LogP contribution in [0.25, 0.3) is 0 Å². The van der Waals surface area contributed by atoms with E-state index in [4.69, 9.17) is 0 Å². The Hall–Kier alpha value is -1.20. The summed E-state index contributed by atoms with van der Waals surface area (Å²) < 4.78 is 1.63. The first-order valence-electron chi connectivity index (χ1n) is 9.30. The van der Waals surface area contributed by atoms with E-state index in [2.05, 4.69) is 72.6 Å². The van der Waals surface area contributed by atoms with Crippen LogP contribution in [0.15, 0.2) is 42.0 Å². The molecule has 0 spiro atoms. The van der Waals surface area contributed by atoms with E-state index in [0.29, 0.717) is 15.0 Å². The van der Waals surface area contributed by atoms with Gasteiger partial charge in [-0.25, -0.2) is 0 Å². The SMILES string of the molecule is CC(C)(C)N=N[C](=CNC(C)(C)C)[Fe][C](=CNC(C)(C)C)N=NC(C)(C)C. The zero-order chi connectivity index (χ0) is 21.5. The van der Waals surface area contributed by atoms with Gasteiger partial charge in [-0.1, -0.05) is 0 Å². The van der Waals surface area contributed by atoms with Crippen LogP contribution >= 0.6 is 0 Å². The molecule has 0 saturated heterocycles. The molecule has 0 aromatic heterocycles. The Labute approximate surface area is 173 Å². The topological polar surface area (TPSA) is 73.5 Å². The molecule has 7 heteroatoms. The van der Waals surface area contributed by atoms with E-state index in [-0.39, 0.29) is 22.2 Å². The van der Waals surface area contributed by atoms with E-state index in [1.807, 2.05) is 53.9 Å². The molecule has 6 nitrogen and oxygen atoms in total. The molecule has 0 unspecified atom stereocenters. The first kappa shape index (κ1) is 25.8. The summed E-state index contributed by atoms with van der Waals surface area (Å²) in [6.45, 7) is 24.8. The molecule has 0 aliphatic carbocycles. The van der Waals surface area contributed by atoms with Gasteiger partial charge in [-0.2, -0.15) is 0 Å². The first-order chi connectivity index (χ1) is 11.9. The average Bonchev–Trinajstić information content (AvgIpc) is 2.40. The maximum atomic E-state index is 4.48. The van der Waals surface area contributed by atoms with Crippen molar-refractivity contribution in [1.29, 1.82) is 0 Å². The Bertz CT molecular complexity index is 524. The minimum absolute atomic E-state index is 0.0526. The van der Waals surface area contributed by atoms with Gasteiger partial charge in [0.2, 0.25) is 0 Å². The second-order valence-corrected chi connectivity index (χ2v) is 11.9. The van der Waals surface area contributed by atoms with Gasteiger partial charge in [-0.15, -0.1) is 0 Å². The predicted octanol–water partition coefficient (Wildman–Crippen LogP) is 5.94. The van der Waals surface area contributed by atoms with Crippen LogP contribution in [0.3, 0.4) is 0 Å². The molecule has 0 fully saturated rings. The summed E-state index contributed by atoms with van der Waals surface area (Å²) in [6, 6.07) is 0. The summed E-state index contributed by atoms with van der Waals surface area (Å²) in [5.41, 5.74) is -0.575. The Morgan fingerprint density at radius 2 is 0.889 bits per heavy atom. The van der Waals surface area contributed by atoms with Gasteiger partial charge in [0, 0.05) is 0 Å². The van der Waals surface area contributed by atoms with Gasteiger partial charge in [0.05, 0.1) is 0 Å². The van der Waals surface area contributed by atoms with Crippen molar-refractivity contribution >= 4 is 0 Å². The van der Waals surface area contributed by atoms with Crippen LogP contribution < -0.4 is 10.6 Å². The van der Waals surface area contributed by atoms with Crippen LogP contribution in [0.2, 0.25) is 0 Å². The maximum absolute atomic E-state index is 4.48. The summed E-state index contributed by atoms with van der Waals surface area (Å²) in [7, 11) is 0. The van der Waals surface area contributed by atoms with Gasteiger partial charge in [0.1, 0.15) is 0 Å². The molecule has 0 aliphatic heterocycles. The fraction of sp³-hybridized carbons (Fsp3) is 0.800. The van der Waals surface area contributed by atoms with Crippen molar-refractivity contribution in [2.24, 2.45) is 20.5 Å². The number of nitrogens with one attached hydrogen (secondary N) is 2. The Morgan fingerprint density at radius 1 is 0.593 bits per heavy atom. The number of nitrogens with zero attached hydrogens (tertiary/aromatic N) is 4. The number of azo groups is 2. The van der Waals surface area contributed by atoms with Gasteiger partial charge in [0.25, 0.3) is 0 Å². The standard InChI is InChI=1S/2C10H20N3.Fe/c2*1-9(2,3)11-7-8-12-13-10(4,5)6;/h2*7,11H,1-6H3;. The average molecular weight is 420 g/mol. The molecule has 0 heterocycles. The van der Waals surface area contributed by atoms with Crippen LogP contribution in [-0.4, -0.2) is 22.2 Å². The van der Waals surface area contributed by atoms with Gasteiger partial charge in [-0.3, -0.25) is 0 Å². The molecule has 0 radical (unpaired) electrons. The molecule has 158 valence electrons. The van der Waals surface area contributed by atoms with Crippen molar-refractivity contribution in [3.63, 3.8) is 0 Å². The number of rotatable bonds is 6. The third kappa shape index (κ3) is 17.9. The number of hydrogen-bond donors (Lipinski definition) is 2. The summed E-state index contributed by atoms with van der Waals surface area (Å²) >= 11 is 0.533. The molecule has 0 aromatic rings. The molecular formula is C20H40FeN6. The predicted molar refractivity (Wildman–Crippen MR) is 111 cm³/mol. The van der Waals surface area contributed by atoms with Gasteiger partial charge in [-0.05, 0) is 0 Å². The van der Waals surface area contributed by atoms with Crippen LogP contribution in [0, 0.1) is 0 Å². The fourth-order valence-corrected chi connectivity index (χ4v) is 2.01. The van der Waals surface area contributed by atoms with Crippen LogP contribution in [0.1, 0.15) is 83.1 Å². The van der Waals surface area contributed by atoms with Crippen molar-refractivity contribution in [2.75, 3.05) is 0 Å². The van der Waals surface area contributed by atoms with Crippen molar-refractivity contribution in [1.82, 2.24) is 10.6 Å². The Morgan fingerprint density at radius 3 is 1.11 bits per heavy atom. The molecular weight excluding hydrogens is 380 g/mol. The van der Waals surface area contributed by atoms with Crippen molar-refractivity contribution in [3.05, 3.63) is 21.6 Å². The minimum atomic E-state index is -0.235. The van der Waals surface area contributed by atoms with E-state index in [0.717, 1.165) is 9.19 Å². The molecule has 2 N–H and O–H groups in total. The van der Waals surface area contributed by atoms with E-state index in [1.165, 1.54) is 0 Å². The summed E-state index contributed by atoms with van der Waals surface area (Å²) in [5.74, 6) is 0. The van der Waals surface area contributed by atoms with Crippen molar-refractivity contribution in [3.8, 4) is 0 Å². The molecule has 0 atom stereocenters. The van der Waals surface area contributed by atoms with E-state index < -0.39 is 0 Å². The van der Waals surface area contributed by atoms with E-state index >= 15 is 0 Å². The normalized spacial score (nSPS) is 15.9. The van der Waals surface area contributed by atoms with Crippen molar-refractivity contribution in [2.45, 2.75) is 105 Å². The third-order valence-electron chi connectivity index (χ3n) is 2.31. The van der Waals surface area contributed by atoms with Gasteiger partial charge < -0.3 is 0 Å². The van der Waals surface area contributed by atoms with Crippen LogP contribution in [0.4, 0.5) is 0 Å². The monoisotopic (exact) mass is 420 g/mol. The van der Waals surface area contributed by atoms with Gasteiger partial charge >= 0.3 is 173 Å². The van der Waals surface area contributed by atoms with Crippen LogP contribution in [-0.2, 0) is 15.0 Å². The zero-order valence-electron chi connectivity index (χ0n) is 19.3. The molecule has 0 rings (SSSR count). The summed E-state index contributed by atoms with van der Waals surface area (Å²) in [5, 5.41) is 24.6. The second-order valence-electron chi connectivity index (χ2n) is 10.5. The molecule has 27 heavy (non-hydrogen) atoms. The molecule has 0 aliphatic rings. The van der Waals surface area contributed by atoms with E-state index in [9.17, 15) is 0 Å². The molecule has 0 saturated carbocycles. The van der Waals surface area contributed by atoms with Crippen LogP contribution in [0.5, 0.6) is 0 Å². The van der Waals surface area contributed by atoms with Crippen molar-refractivity contribution < 1.29 is 15.0 Å². The molecule has 0 amide bonds. The quantitative estimate of drug-likeness (QED) is 0.412. The summed E-state index contributed by atoms with van der Waals surface area (Å²) in [4.78, 5) is 0. The fourth-order valence-electron chi connectivity index (χ4n) is 1.18. The zero-order valence-corrected chi connectivity index (χ0v) is 20.4.